The quantitative estimate of drug-likeness (QED) is 0.147. The number of aromatic nitrogens is 2. The van der Waals surface area contributed by atoms with Crippen molar-refractivity contribution in [1.82, 2.24) is 9.97 Å². The Bertz CT molecular complexity index is 2980. The van der Waals surface area contributed by atoms with Gasteiger partial charge in [-0.2, -0.15) is 0 Å². The summed E-state index contributed by atoms with van der Waals surface area (Å²) in [5.41, 5.74) is 15.2. The highest BCUT2D eigenvalue weighted by Gasteiger charge is 2.17. The van der Waals surface area contributed by atoms with E-state index < -0.39 is 0 Å². The summed E-state index contributed by atoms with van der Waals surface area (Å²) in [6.45, 7) is 0. The van der Waals surface area contributed by atoms with Crippen molar-refractivity contribution in [2.45, 2.75) is 0 Å². The minimum atomic E-state index is 0.704. The van der Waals surface area contributed by atoms with Gasteiger partial charge in [0.25, 0.3) is 0 Å². The summed E-state index contributed by atoms with van der Waals surface area (Å²) < 4.78 is 0. The lowest BCUT2D eigenvalue weighted by Gasteiger charge is -2.27. The number of hydrogen-bond acceptors (Lipinski definition) is 3. The fourth-order valence-corrected chi connectivity index (χ4v) is 7.82. The molecule has 1 heterocycles. The van der Waals surface area contributed by atoms with Crippen LogP contribution in [0.2, 0.25) is 0 Å². The Hall–Kier alpha value is -7.88. The van der Waals surface area contributed by atoms with Crippen LogP contribution in [0, 0.1) is 0 Å². The Labute approximate surface area is 345 Å². The van der Waals surface area contributed by atoms with Gasteiger partial charge >= 0.3 is 0 Å². The van der Waals surface area contributed by atoms with Crippen LogP contribution in [-0.2, 0) is 0 Å². The van der Waals surface area contributed by atoms with Gasteiger partial charge in [-0.25, -0.2) is 9.97 Å². The highest BCUT2D eigenvalue weighted by Crippen LogP contribution is 2.40. The first kappa shape index (κ1) is 35.5. The monoisotopic (exact) mass is 753 g/mol. The first-order chi connectivity index (χ1) is 29.2. The van der Waals surface area contributed by atoms with Gasteiger partial charge in [0.2, 0.25) is 0 Å². The lowest BCUT2D eigenvalue weighted by Crippen LogP contribution is -2.10. The molecule has 1 aromatic heterocycles. The maximum absolute atomic E-state index is 5.08. The minimum Gasteiger partial charge on any atom is -0.310 e. The molecule has 0 aliphatic heterocycles. The van der Waals surface area contributed by atoms with Gasteiger partial charge in [0.15, 0.2) is 5.82 Å². The topological polar surface area (TPSA) is 29.0 Å². The van der Waals surface area contributed by atoms with Crippen molar-refractivity contribution in [3.05, 3.63) is 237 Å². The second-order valence-electron chi connectivity index (χ2n) is 14.6. The molecule has 0 spiro atoms. The van der Waals surface area contributed by atoms with Gasteiger partial charge in [0.05, 0.1) is 17.1 Å². The molecule has 0 atom stereocenters. The Morgan fingerprint density at radius 2 is 0.627 bits per heavy atom. The van der Waals surface area contributed by atoms with Crippen LogP contribution in [0.25, 0.3) is 78.1 Å². The molecule has 3 nitrogen and oxygen atoms in total. The summed E-state index contributed by atoms with van der Waals surface area (Å²) in [5, 5.41) is 2.41. The molecule has 0 saturated heterocycles. The van der Waals surface area contributed by atoms with E-state index in [0.29, 0.717) is 5.82 Å². The molecule has 0 aliphatic rings. The summed E-state index contributed by atoms with van der Waals surface area (Å²) in [7, 11) is 0. The first-order valence-electron chi connectivity index (χ1n) is 20.0. The van der Waals surface area contributed by atoms with Gasteiger partial charge in [0.1, 0.15) is 0 Å². The summed E-state index contributed by atoms with van der Waals surface area (Å²) in [4.78, 5) is 12.5. The molecular formula is C56H39N3. The van der Waals surface area contributed by atoms with E-state index in [1.807, 2.05) is 24.3 Å². The van der Waals surface area contributed by atoms with Crippen LogP contribution >= 0.6 is 0 Å². The van der Waals surface area contributed by atoms with Gasteiger partial charge in [-0.15, -0.1) is 0 Å². The van der Waals surface area contributed by atoms with Crippen molar-refractivity contribution in [2.75, 3.05) is 4.90 Å². The van der Waals surface area contributed by atoms with Crippen LogP contribution in [0.15, 0.2) is 237 Å². The molecule has 0 aliphatic carbocycles. The normalized spacial score (nSPS) is 11.1. The van der Waals surface area contributed by atoms with Crippen LogP contribution in [-0.4, -0.2) is 9.97 Å². The molecule has 0 amide bonds. The van der Waals surface area contributed by atoms with Crippen molar-refractivity contribution in [3.8, 4) is 67.3 Å². The molecule has 0 bridgehead atoms. The number of benzene rings is 9. The molecular weight excluding hydrogens is 715 g/mol. The zero-order valence-corrected chi connectivity index (χ0v) is 32.4. The van der Waals surface area contributed by atoms with E-state index in [2.05, 4.69) is 217 Å². The van der Waals surface area contributed by atoms with Crippen molar-refractivity contribution in [1.29, 1.82) is 0 Å². The maximum Gasteiger partial charge on any atom is 0.160 e. The summed E-state index contributed by atoms with van der Waals surface area (Å²) in [6.07, 6.45) is 0. The van der Waals surface area contributed by atoms with Crippen molar-refractivity contribution in [2.24, 2.45) is 0 Å². The lowest BCUT2D eigenvalue weighted by atomic mass is 10.00. The average molecular weight is 754 g/mol. The second kappa shape index (κ2) is 15.9. The van der Waals surface area contributed by atoms with Crippen LogP contribution in [0.3, 0.4) is 0 Å². The summed E-state index contributed by atoms with van der Waals surface area (Å²) in [5.74, 6) is 0.704. The van der Waals surface area contributed by atoms with Gasteiger partial charge in [-0.1, -0.05) is 200 Å². The third kappa shape index (κ3) is 7.41. The Balaban J connectivity index is 0.973. The minimum absolute atomic E-state index is 0.704. The number of fused-ring (bicyclic) bond motifs is 1. The second-order valence-corrected chi connectivity index (χ2v) is 14.6. The van der Waals surface area contributed by atoms with Crippen LogP contribution < -0.4 is 4.90 Å². The fourth-order valence-electron chi connectivity index (χ4n) is 7.82. The number of nitrogens with zero attached hydrogens (tertiary/aromatic N) is 3. The van der Waals surface area contributed by atoms with E-state index in [4.69, 9.17) is 9.97 Å². The molecule has 0 unspecified atom stereocenters. The average Bonchev–Trinajstić information content (AvgIpc) is 3.33. The highest BCUT2D eigenvalue weighted by molar-refractivity contribution is 5.99. The maximum atomic E-state index is 5.08. The van der Waals surface area contributed by atoms with E-state index in [1.54, 1.807) is 0 Å². The molecule has 0 N–H and O–H groups in total. The van der Waals surface area contributed by atoms with Crippen LogP contribution in [0.1, 0.15) is 0 Å². The smallest absolute Gasteiger partial charge is 0.160 e. The number of rotatable bonds is 9. The van der Waals surface area contributed by atoms with E-state index in [9.17, 15) is 0 Å². The molecule has 0 fully saturated rings. The van der Waals surface area contributed by atoms with Crippen molar-refractivity contribution < 1.29 is 0 Å². The Morgan fingerprint density at radius 3 is 1.10 bits per heavy atom. The third-order valence-electron chi connectivity index (χ3n) is 10.9. The first-order valence-corrected chi connectivity index (χ1v) is 20.0. The third-order valence-corrected chi connectivity index (χ3v) is 10.9. The van der Waals surface area contributed by atoms with Crippen molar-refractivity contribution >= 4 is 27.8 Å². The molecule has 10 aromatic rings. The predicted octanol–water partition coefficient (Wildman–Crippen LogP) is 15.1. The number of hydrogen-bond donors (Lipinski definition) is 0. The zero-order valence-electron chi connectivity index (χ0n) is 32.4. The van der Waals surface area contributed by atoms with Gasteiger partial charge in [-0.3, -0.25) is 0 Å². The fraction of sp³-hybridized carbons (Fsp3) is 0. The summed E-state index contributed by atoms with van der Waals surface area (Å²) >= 11 is 0. The molecule has 9 aromatic carbocycles. The summed E-state index contributed by atoms with van der Waals surface area (Å²) in [6, 6.07) is 83.5. The van der Waals surface area contributed by atoms with Gasteiger partial charge < -0.3 is 4.90 Å². The molecule has 59 heavy (non-hydrogen) atoms. The zero-order chi connectivity index (χ0) is 39.4. The van der Waals surface area contributed by atoms with E-state index in [-0.39, 0.29) is 0 Å². The molecule has 0 radical (unpaired) electrons. The van der Waals surface area contributed by atoms with Crippen LogP contribution in [0.4, 0.5) is 17.1 Å². The molecule has 0 saturated carbocycles. The Morgan fingerprint density at radius 1 is 0.271 bits per heavy atom. The molecule has 278 valence electrons. The highest BCUT2D eigenvalue weighted by atomic mass is 15.1. The van der Waals surface area contributed by atoms with Crippen molar-refractivity contribution in [3.63, 3.8) is 0 Å². The van der Waals surface area contributed by atoms with E-state index in [1.165, 1.54) is 33.0 Å². The van der Waals surface area contributed by atoms with E-state index in [0.717, 1.165) is 56.3 Å². The van der Waals surface area contributed by atoms with Gasteiger partial charge in [-0.05, 0) is 75.2 Å². The van der Waals surface area contributed by atoms with E-state index >= 15 is 0 Å². The predicted molar refractivity (Wildman–Crippen MR) is 247 cm³/mol. The molecule has 3 heteroatoms. The number of anilines is 3. The standard InChI is InChI=1S/C56H39N3/c1-4-13-40(14-5-1)42-23-27-47(28-24-42)53-39-54(58-56(57-53)49-18-8-3-9-19-49)48-29-25-43(26-30-48)45-33-37-51(38-34-45)59(55-22-12-20-46-17-10-11-21-52(46)55)50-35-31-44(32-36-50)41-15-6-2-7-16-41/h1-39H. The molecule has 10 rings (SSSR count). The largest absolute Gasteiger partial charge is 0.310 e. The van der Waals surface area contributed by atoms with Gasteiger partial charge in [0, 0.05) is 33.5 Å². The Kier molecular flexibility index (Phi) is 9.59. The SMILES string of the molecule is c1ccc(-c2ccc(-c3cc(-c4ccc(-c5ccc(N(c6ccc(-c7ccccc7)cc6)c6cccc7ccccc67)cc5)cc4)nc(-c4ccccc4)n3)cc2)cc1. The van der Waals surface area contributed by atoms with Crippen LogP contribution in [0.5, 0.6) is 0 Å². The lowest BCUT2D eigenvalue weighted by molar-refractivity contribution is 1.18.